The fraction of sp³-hybridized carbons (Fsp3) is 0.556. The number of anilines is 2. The number of likely N-dealkylation sites (N-methyl/N-ethyl adjacent to an activating group) is 1. The van der Waals surface area contributed by atoms with Crippen molar-refractivity contribution in [2.45, 2.75) is 71.2 Å². The summed E-state index contributed by atoms with van der Waals surface area (Å²) in [5.41, 5.74) is 0.605. The minimum absolute atomic E-state index is 0.0853. The lowest BCUT2D eigenvalue weighted by Gasteiger charge is -2.35. The summed E-state index contributed by atoms with van der Waals surface area (Å²) < 4.78 is 25.3. The van der Waals surface area contributed by atoms with Gasteiger partial charge in [-0.1, -0.05) is 27.7 Å². The first kappa shape index (κ1) is 36.7. The molecule has 5 atom stereocenters. The summed E-state index contributed by atoms with van der Waals surface area (Å²) in [5, 5.41) is 20.3. The monoisotopic (exact) mass is 726 g/mol. The standard InChI is InChI=1S/C36H47N4O10P/c1-35(2,17-49-29-12-23-21(10-27(29)47-6)31(43)38-14-19(41)8-25(38)33(45)37(23)5)16-36(3,4)18-50-30-13-24-22(11-28(30)48-7)32(44)39-15-20(42)9-26(39)34(46)40(24)51/h10-13,19-20,25-26,41-42H,8-9,14-18,51H2,1-7H3. The average molecular weight is 727 g/mol. The van der Waals surface area contributed by atoms with Crippen LogP contribution in [0.1, 0.15) is 67.7 Å². The second-order valence-corrected chi connectivity index (χ2v) is 16.0. The van der Waals surface area contributed by atoms with Gasteiger partial charge in [0.05, 0.1) is 62.1 Å². The Morgan fingerprint density at radius 2 is 1.14 bits per heavy atom. The third-order valence-electron chi connectivity index (χ3n) is 10.1. The molecule has 14 nitrogen and oxygen atoms in total. The zero-order chi connectivity index (χ0) is 37.2. The number of aliphatic hydroxyl groups excluding tert-OH is 2. The first-order valence-electron chi connectivity index (χ1n) is 17.0. The van der Waals surface area contributed by atoms with E-state index in [1.807, 2.05) is 0 Å². The molecule has 0 aromatic heterocycles. The maximum atomic E-state index is 13.5. The Hall–Kier alpha value is -4.13. The third-order valence-corrected chi connectivity index (χ3v) is 10.6. The predicted octanol–water partition coefficient (Wildman–Crippen LogP) is 2.87. The summed E-state index contributed by atoms with van der Waals surface area (Å²) in [6.07, 6.45) is -0.492. The van der Waals surface area contributed by atoms with Crippen LogP contribution in [0.4, 0.5) is 11.4 Å². The van der Waals surface area contributed by atoms with Gasteiger partial charge in [0.25, 0.3) is 17.7 Å². The Morgan fingerprint density at radius 3 is 1.61 bits per heavy atom. The van der Waals surface area contributed by atoms with Crippen LogP contribution in [0.15, 0.2) is 24.3 Å². The van der Waals surface area contributed by atoms with Crippen LogP contribution < -0.4 is 28.5 Å². The van der Waals surface area contributed by atoms with Gasteiger partial charge in [0, 0.05) is 45.1 Å². The van der Waals surface area contributed by atoms with Crippen molar-refractivity contribution in [3.8, 4) is 23.0 Å². The van der Waals surface area contributed by atoms with Crippen LogP contribution in [-0.2, 0) is 9.59 Å². The number of carbonyl (C=O) groups is 4. The Kier molecular flexibility index (Phi) is 9.66. The van der Waals surface area contributed by atoms with Crippen molar-refractivity contribution in [2.24, 2.45) is 10.8 Å². The van der Waals surface area contributed by atoms with E-state index in [-0.39, 0.29) is 79.2 Å². The smallest absolute Gasteiger partial charge is 0.256 e. The summed E-state index contributed by atoms with van der Waals surface area (Å²) in [7, 11) is 6.98. The second kappa shape index (κ2) is 13.4. The van der Waals surface area contributed by atoms with Gasteiger partial charge in [0.15, 0.2) is 23.0 Å². The number of rotatable bonds is 10. The molecule has 4 heterocycles. The normalized spacial score (nSPS) is 23.4. The van der Waals surface area contributed by atoms with Crippen LogP contribution in [0.25, 0.3) is 0 Å². The van der Waals surface area contributed by atoms with E-state index >= 15 is 0 Å². The minimum atomic E-state index is -0.762. The fourth-order valence-electron chi connectivity index (χ4n) is 7.88. The van der Waals surface area contributed by atoms with E-state index in [0.717, 1.165) is 0 Å². The topological polar surface area (TPSA) is 159 Å². The molecule has 2 aromatic carbocycles. The number of nitrogens with zero attached hydrogens (tertiary/aromatic N) is 4. The van der Waals surface area contributed by atoms with Crippen molar-refractivity contribution in [2.75, 3.05) is 57.1 Å². The van der Waals surface area contributed by atoms with Crippen molar-refractivity contribution in [1.82, 2.24) is 9.80 Å². The van der Waals surface area contributed by atoms with E-state index < -0.39 is 24.3 Å². The van der Waals surface area contributed by atoms with Crippen molar-refractivity contribution in [3.05, 3.63) is 35.4 Å². The van der Waals surface area contributed by atoms with Crippen LogP contribution in [0, 0.1) is 10.8 Å². The van der Waals surface area contributed by atoms with E-state index in [2.05, 4.69) is 37.1 Å². The van der Waals surface area contributed by atoms with Crippen molar-refractivity contribution in [3.63, 3.8) is 0 Å². The molecule has 0 spiro atoms. The predicted molar refractivity (Wildman–Crippen MR) is 191 cm³/mol. The average Bonchev–Trinajstić information content (AvgIpc) is 3.65. The number of fused-ring (bicyclic) bond motifs is 4. The number of aliphatic hydroxyl groups is 2. The maximum Gasteiger partial charge on any atom is 0.256 e. The van der Waals surface area contributed by atoms with Gasteiger partial charge >= 0.3 is 0 Å². The molecule has 4 aliphatic heterocycles. The first-order valence-corrected chi connectivity index (χ1v) is 17.5. The van der Waals surface area contributed by atoms with Gasteiger partial charge in [-0.2, -0.15) is 0 Å². The van der Waals surface area contributed by atoms with E-state index in [1.165, 1.54) is 33.6 Å². The van der Waals surface area contributed by atoms with Crippen LogP contribution in [-0.4, -0.2) is 116 Å². The molecule has 0 bridgehead atoms. The van der Waals surface area contributed by atoms with E-state index in [4.69, 9.17) is 18.9 Å². The number of amides is 4. The van der Waals surface area contributed by atoms with Gasteiger partial charge in [-0.25, -0.2) is 0 Å². The SMILES string of the molecule is COc1cc2c(cc1OCC(C)(C)CC(C)(C)COc1cc3c(cc1OC)C(=O)N1CC(O)CC1C(=O)N3P)N(C)C(=O)C1CC(O)CN1C2=O. The first-order chi connectivity index (χ1) is 23.9. The maximum absolute atomic E-state index is 13.5. The van der Waals surface area contributed by atoms with Gasteiger partial charge in [0.1, 0.15) is 12.1 Å². The largest absolute Gasteiger partial charge is 0.493 e. The van der Waals surface area contributed by atoms with E-state index in [1.54, 1.807) is 31.3 Å². The Morgan fingerprint density at radius 1 is 0.706 bits per heavy atom. The highest BCUT2D eigenvalue weighted by molar-refractivity contribution is 7.21. The molecule has 0 aliphatic carbocycles. The second-order valence-electron chi connectivity index (χ2n) is 15.5. The van der Waals surface area contributed by atoms with Crippen LogP contribution >= 0.6 is 9.39 Å². The molecule has 4 aliphatic rings. The number of benzene rings is 2. The molecule has 2 aromatic rings. The molecule has 2 N–H and O–H groups in total. The van der Waals surface area contributed by atoms with Crippen LogP contribution in [0.5, 0.6) is 23.0 Å². The molecule has 276 valence electrons. The van der Waals surface area contributed by atoms with Gasteiger partial charge < -0.3 is 43.9 Å². The molecule has 5 unspecified atom stereocenters. The van der Waals surface area contributed by atoms with Gasteiger partial charge in [-0.05, 0) is 38.8 Å². The number of ether oxygens (including phenoxy) is 4. The molecule has 4 amide bonds. The molecular weight excluding hydrogens is 679 g/mol. The summed E-state index contributed by atoms with van der Waals surface area (Å²) >= 11 is 0. The highest BCUT2D eigenvalue weighted by Gasteiger charge is 2.46. The molecule has 15 heteroatoms. The minimum Gasteiger partial charge on any atom is -0.493 e. The molecule has 0 saturated carbocycles. The molecule has 51 heavy (non-hydrogen) atoms. The van der Waals surface area contributed by atoms with E-state index in [9.17, 15) is 29.4 Å². The molecular formula is C36H47N4O10P. The Bertz CT molecular complexity index is 1640. The summed E-state index contributed by atoms with van der Waals surface area (Å²) in [5.74, 6) is 0.198. The number of hydrogen-bond acceptors (Lipinski definition) is 10. The van der Waals surface area contributed by atoms with Crippen molar-refractivity contribution < 1.29 is 48.3 Å². The zero-order valence-electron chi connectivity index (χ0n) is 30.1. The number of hydrogen-bond donors (Lipinski definition) is 2. The van der Waals surface area contributed by atoms with Crippen molar-refractivity contribution in [1.29, 1.82) is 0 Å². The summed E-state index contributed by atoms with van der Waals surface area (Å²) in [6, 6.07) is 4.99. The number of carbonyl (C=O) groups excluding carboxylic acids is 4. The summed E-state index contributed by atoms with van der Waals surface area (Å²) in [6.45, 7) is 9.00. The quantitative estimate of drug-likeness (QED) is 0.349. The Balaban J connectivity index is 1.16. The molecule has 2 fully saturated rings. The van der Waals surface area contributed by atoms with Crippen LogP contribution in [0.3, 0.4) is 0 Å². The lowest BCUT2D eigenvalue weighted by atomic mass is 9.76. The highest BCUT2D eigenvalue weighted by atomic mass is 31.0. The molecule has 2 saturated heterocycles. The van der Waals surface area contributed by atoms with Gasteiger partial charge in [0.2, 0.25) is 5.91 Å². The third kappa shape index (κ3) is 6.81. The van der Waals surface area contributed by atoms with E-state index in [0.29, 0.717) is 46.4 Å². The van der Waals surface area contributed by atoms with Crippen molar-refractivity contribution >= 4 is 44.4 Å². The molecule has 0 radical (unpaired) electrons. The lowest BCUT2D eigenvalue weighted by Crippen LogP contribution is -2.43. The summed E-state index contributed by atoms with van der Waals surface area (Å²) in [4.78, 5) is 57.8. The van der Waals surface area contributed by atoms with Crippen LogP contribution in [0.2, 0.25) is 0 Å². The fourth-order valence-corrected chi connectivity index (χ4v) is 8.27. The van der Waals surface area contributed by atoms with Gasteiger partial charge in [-0.15, -0.1) is 0 Å². The Labute approximate surface area is 299 Å². The zero-order valence-corrected chi connectivity index (χ0v) is 31.2. The highest BCUT2D eigenvalue weighted by Crippen LogP contribution is 2.44. The lowest BCUT2D eigenvalue weighted by molar-refractivity contribution is -0.122. The van der Waals surface area contributed by atoms with Gasteiger partial charge in [-0.3, -0.25) is 23.8 Å². The number of methoxy groups -OCH3 is 2. The molecule has 6 rings (SSSR count).